The van der Waals surface area contributed by atoms with Gasteiger partial charge in [0.05, 0.1) is 6.54 Å². The molecule has 0 amide bonds. The van der Waals surface area contributed by atoms with E-state index >= 15 is 0 Å². The van der Waals surface area contributed by atoms with Crippen LogP contribution >= 0.6 is 0 Å². The lowest BCUT2D eigenvalue weighted by Crippen LogP contribution is -1.98. The first-order valence-corrected chi connectivity index (χ1v) is 2.61. The van der Waals surface area contributed by atoms with Crippen molar-refractivity contribution in [1.29, 1.82) is 0 Å². The Morgan fingerprint density at radius 1 is 1.78 bits per heavy atom. The van der Waals surface area contributed by atoms with Gasteiger partial charge in [0.25, 0.3) is 0 Å². The number of nitrogens with zero attached hydrogens (tertiary/aromatic N) is 4. The van der Waals surface area contributed by atoms with Crippen molar-refractivity contribution >= 4 is 0 Å². The van der Waals surface area contributed by atoms with Gasteiger partial charge in [-0.15, -0.1) is 11.5 Å². The van der Waals surface area contributed by atoms with Gasteiger partial charge in [-0.2, -0.15) is 4.80 Å². The van der Waals surface area contributed by atoms with Crippen molar-refractivity contribution in [1.82, 2.24) is 20.2 Å². The summed E-state index contributed by atoms with van der Waals surface area (Å²) in [5, 5.41) is 11.0. The van der Waals surface area contributed by atoms with E-state index in [1.54, 1.807) is 0 Å². The normalized spacial score (nSPS) is 8.89. The highest BCUT2D eigenvalue weighted by molar-refractivity contribution is 5.10. The largest absolute Gasteiger partial charge is 0.247 e. The predicted molar refractivity (Wildman–Crippen MR) is 31.4 cm³/mol. The van der Waals surface area contributed by atoms with Gasteiger partial charge in [0.15, 0.2) is 0 Å². The molecule has 1 aromatic rings. The van der Waals surface area contributed by atoms with E-state index in [2.05, 4.69) is 21.3 Å². The van der Waals surface area contributed by atoms with Gasteiger partial charge >= 0.3 is 0 Å². The molecule has 0 aromatic carbocycles. The van der Waals surface area contributed by atoms with E-state index < -0.39 is 0 Å². The Morgan fingerprint density at radius 3 is 2.89 bits per heavy atom. The summed E-state index contributed by atoms with van der Waals surface area (Å²) < 4.78 is 0. The molecule has 1 aromatic heterocycles. The smallest absolute Gasteiger partial charge is 0.163 e. The lowest BCUT2D eigenvalue weighted by Gasteiger charge is -1.83. The third-order valence-electron chi connectivity index (χ3n) is 0.865. The summed E-state index contributed by atoms with van der Waals surface area (Å²) in [4.78, 5) is 1.44. The Morgan fingerprint density at radius 2 is 2.56 bits per heavy atom. The molecule has 0 N–H and O–H groups in total. The third-order valence-corrected chi connectivity index (χ3v) is 0.865. The average Bonchev–Trinajstić information content (AvgIpc) is 2.34. The molecule has 46 valence electrons. The van der Waals surface area contributed by atoms with Gasteiger partial charge in [-0.25, -0.2) is 0 Å². The Bertz CT molecular complexity index is 231. The maximum atomic E-state index is 4.99. The van der Waals surface area contributed by atoms with E-state index in [0.717, 1.165) is 0 Å². The second kappa shape index (κ2) is 2.27. The molecule has 9 heavy (non-hydrogen) atoms. The van der Waals surface area contributed by atoms with Gasteiger partial charge in [-0.1, -0.05) is 5.10 Å². The molecule has 0 atom stereocenters. The van der Waals surface area contributed by atoms with Crippen LogP contribution in [0.1, 0.15) is 12.7 Å². The zero-order valence-corrected chi connectivity index (χ0v) is 5.07. The number of aryl methyl sites for hydroxylation is 1. The molecule has 0 radical (unpaired) electrons. The number of rotatable bonds is 1. The highest BCUT2D eigenvalue weighted by atomic mass is 15.6. The lowest BCUT2D eigenvalue weighted by molar-refractivity contribution is 0.552. The summed E-state index contributed by atoms with van der Waals surface area (Å²) in [5.41, 5.74) is 0. The fraction of sp³-hybridized carbons (Fsp3) is 0.400. The van der Waals surface area contributed by atoms with Crippen LogP contribution in [0.5, 0.6) is 0 Å². The lowest BCUT2D eigenvalue weighted by atomic mass is 10.7. The van der Waals surface area contributed by atoms with Crippen LogP contribution in [0, 0.1) is 12.3 Å². The number of hydrogen-bond acceptors (Lipinski definition) is 3. The molecule has 0 bridgehead atoms. The molecule has 1 rings (SSSR count). The zero-order valence-electron chi connectivity index (χ0n) is 5.07. The van der Waals surface area contributed by atoms with E-state index in [9.17, 15) is 0 Å². The van der Waals surface area contributed by atoms with Crippen molar-refractivity contribution in [2.45, 2.75) is 13.5 Å². The molecule has 0 saturated carbocycles. The number of tetrazole rings is 1. The van der Waals surface area contributed by atoms with E-state index in [1.807, 2.05) is 6.92 Å². The molecule has 4 nitrogen and oxygen atoms in total. The van der Waals surface area contributed by atoms with E-state index in [-0.39, 0.29) is 0 Å². The second-order valence-corrected chi connectivity index (χ2v) is 1.45. The molecule has 4 heteroatoms. The Balaban J connectivity index is 2.90. The molecular weight excluding hydrogens is 116 g/mol. The highest BCUT2D eigenvalue weighted by Crippen LogP contribution is 1.79. The Kier molecular flexibility index (Phi) is 1.45. The summed E-state index contributed by atoms with van der Waals surface area (Å²) in [7, 11) is 0. The van der Waals surface area contributed by atoms with Gasteiger partial charge in [-0.3, -0.25) is 0 Å². The summed E-state index contributed by atoms with van der Waals surface area (Å²) in [6.45, 7) is 2.62. The minimum absolute atomic E-state index is 0.344. The van der Waals surface area contributed by atoms with E-state index in [4.69, 9.17) is 6.42 Å². The first-order valence-electron chi connectivity index (χ1n) is 2.61. The summed E-state index contributed by atoms with van der Waals surface area (Å²) in [6.07, 6.45) is 4.99. The topological polar surface area (TPSA) is 43.6 Å². The first kappa shape index (κ1) is 5.76. The molecule has 0 aliphatic rings. The third kappa shape index (κ3) is 1.05. The Hall–Kier alpha value is -1.37. The molecule has 0 fully saturated rings. The van der Waals surface area contributed by atoms with Crippen LogP contribution in [-0.4, -0.2) is 20.2 Å². The van der Waals surface area contributed by atoms with Crippen LogP contribution in [-0.2, 0) is 6.54 Å². The quantitative estimate of drug-likeness (QED) is 0.479. The summed E-state index contributed by atoms with van der Waals surface area (Å²) >= 11 is 0. The monoisotopic (exact) mass is 122 g/mol. The predicted octanol–water partition coefficient (Wildman–Crippen LogP) is -0.326. The van der Waals surface area contributed by atoms with Crippen LogP contribution in [0.15, 0.2) is 0 Å². The second-order valence-electron chi connectivity index (χ2n) is 1.45. The fourth-order valence-corrected chi connectivity index (χ4v) is 0.435. The van der Waals surface area contributed by atoms with Crippen molar-refractivity contribution in [3.8, 4) is 12.3 Å². The maximum absolute atomic E-state index is 4.99. The highest BCUT2D eigenvalue weighted by Gasteiger charge is 1.93. The molecule has 1 heterocycles. The van der Waals surface area contributed by atoms with Crippen molar-refractivity contribution < 1.29 is 0 Å². The standard InChI is InChI=1S/C5H6N4/c1-3-5-6-8-9(4-2)7-5/h1H,4H2,2H3. The molecule has 0 aliphatic heterocycles. The first-order chi connectivity index (χ1) is 4.36. The van der Waals surface area contributed by atoms with Crippen molar-refractivity contribution in [3.05, 3.63) is 5.82 Å². The molecule has 0 unspecified atom stereocenters. The molecular formula is C5H6N4. The molecule has 0 aliphatic carbocycles. The SMILES string of the molecule is C#Cc1nnn(CC)n1. The summed E-state index contributed by atoms with van der Waals surface area (Å²) in [6, 6.07) is 0. The summed E-state index contributed by atoms with van der Waals surface area (Å²) in [5.74, 6) is 2.62. The van der Waals surface area contributed by atoms with Crippen LogP contribution < -0.4 is 0 Å². The van der Waals surface area contributed by atoms with Crippen molar-refractivity contribution in [3.63, 3.8) is 0 Å². The Labute approximate surface area is 52.9 Å². The molecule has 0 saturated heterocycles. The van der Waals surface area contributed by atoms with Gasteiger partial charge in [-0.05, 0) is 18.1 Å². The van der Waals surface area contributed by atoms with Crippen LogP contribution in [0.2, 0.25) is 0 Å². The van der Waals surface area contributed by atoms with Crippen LogP contribution in [0.3, 0.4) is 0 Å². The van der Waals surface area contributed by atoms with E-state index in [1.165, 1.54) is 4.80 Å². The van der Waals surface area contributed by atoms with Gasteiger partial charge in [0.2, 0.25) is 5.82 Å². The number of terminal acetylenes is 1. The zero-order chi connectivity index (χ0) is 6.69. The van der Waals surface area contributed by atoms with Crippen molar-refractivity contribution in [2.24, 2.45) is 0 Å². The van der Waals surface area contributed by atoms with Gasteiger partial charge < -0.3 is 0 Å². The maximum Gasteiger partial charge on any atom is 0.247 e. The fourth-order valence-electron chi connectivity index (χ4n) is 0.435. The van der Waals surface area contributed by atoms with Crippen molar-refractivity contribution in [2.75, 3.05) is 0 Å². The number of hydrogen-bond donors (Lipinski definition) is 0. The average molecular weight is 122 g/mol. The van der Waals surface area contributed by atoms with Crippen LogP contribution in [0.4, 0.5) is 0 Å². The van der Waals surface area contributed by atoms with Crippen LogP contribution in [0.25, 0.3) is 0 Å². The minimum atomic E-state index is 0.344. The molecule has 0 spiro atoms. The van der Waals surface area contributed by atoms with Gasteiger partial charge in [0.1, 0.15) is 0 Å². The van der Waals surface area contributed by atoms with Gasteiger partial charge in [0, 0.05) is 0 Å². The van der Waals surface area contributed by atoms with E-state index in [0.29, 0.717) is 12.4 Å². The number of aromatic nitrogens is 4. The minimum Gasteiger partial charge on any atom is -0.163 e.